The van der Waals surface area contributed by atoms with E-state index in [0.717, 1.165) is 29.0 Å². The van der Waals surface area contributed by atoms with Crippen LogP contribution in [0.3, 0.4) is 0 Å². The molecule has 0 amide bonds. The van der Waals surface area contributed by atoms with Crippen molar-refractivity contribution in [3.8, 4) is 0 Å². The Kier molecular flexibility index (Phi) is 3.95. The monoisotopic (exact) mass is 288 g/mol. The second kappa shape index (κ2) is 5.71. The van der Waals surface area contributed by atoms with Crippen LogP contribution in [0.25, 0.3) is 10.9 Å². The van der Waals surface area contributed by atoms with Gasteiger partial charge in [-0.1, -0.05) is 31.0 Å². The largest absolute Gasteiger partial charge is 0.312 e. The van der Waals surface area contributed by atoms with Gasteiger partial charge in [-0.25, -0.2) is 0 Å². The number of hydrogen-bond acceptors (Lipinski definition) is 2. The Labute approximate surface area is 125 Å². The van der Waals surface area contributed by atoms with Crippen molar-refractivity contribution in [1.29, 1.82) is 0 Å². The second-order valence-electron chi connectivity index (χ2n) is 5.96. The molecule has 0 saturated heterocycles. The molecular formula is C17H21ClN2. The molecule has 0 radical (unpaired) electrons. The maximum absolute atomic E-state index is 6.23. The van der Waals surface area contributed by atoms with E-state index >= 15 is 0 Å². The molecule has 106 valence electrons. The zero-order valence-corrected chi connectivity index (χ0v) is 12.7. The first-order valence-corrected chi connectivity index (χ1v) is 7.85. The maximum Gasteiger partial charge on any atom is 0.0761 e. The molecule has 1 aromatic heterocycles. The average molecular weight is 289 g/mol. The maximum atomic E-state index is 6.23. The van der Waals surface area contributed by atoms with Crippen LogP contribution >= 0.6 is 11.6 Å². The third-order valence-corrected chi connectivity index (χ3v) is 4.68. The second-order valence-corrected chi connectivity index (χ2v) is 6.37. The highest BCUT2D eigenvalue weighted by Crippen LogP contribution is 2.48. The van der Waals surface area contributed by atoms with Gasteiger partial charge in [0.05, 0.1) is 5.52 Å². The van der Waals surface area contributed by atoms with Gasteiger partial charge in [0, 0.05) is 29.7 Å². The lowest BCUT2D eigenvalue weighted by Gasteiger charge is -2.15. The summed E-state index contributed by atoms with van der Waals surface area (Å²) in [6.07, 6.45) is 7.23. The van der Waals surface area contributed by atoms with E-state index < -0.39 is 0 Å². The zero-order chi connectivity index (χ0) is 14.0. The number of hydrogen-bond donors (Lipinski definition) is 1. The van der Waals surface area contributed by atoms with Crippen molar-refractivity contribution < 1.29 is 0 Å². The van der Waals surface area contributed by atoms with E-state index in [1.807, 2.05) is 24.4 Å². The Morgan fingerprint density at radius 3 is 2.90 bits per heavy atom. The predicted octanol–water partition coefficient (Wildman–Crippen LogP) is 4.56. The minimum absolute atomic E-state index is 0.588. The number of fused-ring (bicyclic) bond motifs is 1. The molecule has 20 heavy (non-hydrogen) atoms. The van der Waals surface area contributed by atoms with E-state index in [2.05, 4.69) is 23.3 Å². The van der Waals surface area contributed by atoms with Crippen molar-refractivity contribution in [1.82, 2.24) is 10.3 Å². The smallest absolute Gasteiger partial charge is 0.0761 e. The molecule has 1 fully saturated rings. The molecule has 3 rings (SSSR count). The molecule has 2 aromatic rings. The minimum atomic E-state index is 0.588. The first kappa shape index (κ1) is 13.8. The van der Waals surface area contributed by atoms with Crippen LogP contribution in [-0.2, 0) is 6.54 Å². The fraction of sp³-hybridized carbons (Fsp3) is 0.471. The van der Waals surface area contributed by atoms with E-state index in [1.54, 1.807) is 0 Å². The van der Waals surface area contributed by atoms with Gasteiger partial charge < -0.3 is 5.32 Å². The molecular weight excluding hydrogens is 268 g/mol. The van der Waals surface area contributed by atoms with Crippen LogP contribution in [0.1, 0.15) is 38.2 Å². The normalized spacial score (nSPS) is 16.5. The molecule has 1 aliphatic carbocycles. The third kappa shape index (κ3) is 2.82. The quantitative estimate of drug-likeness (QED) is 0.843. The van der Waals surface area contributed by atoms with Gasteiger partial charge in [0.15, 0.2) is 0 Å². The predicted molar refractivity (Wildman–Crippen MR) is 85.0 cm³/mol. The summed E-state index contributed by atoms with van der Waals surface area (Å²) in [7, 11) is 0. The molecule has 0 bridgehead atoms. The van der Waals surface area contributed by atoms with Gasteiger partial charge in [-0.2, -0.15) is 0 Å². The molecule has 1 N–H and O–H groups in total. The van der Waals surface area contributed by atoms with Crippen molar-refractivity contribution >= 4 is 22.5 Å². The van der Waals surface area contributed by atoms with Crippen molar-refractivity contribution in [3.05, 3.63) is 41.0 Å². The Hall–Kier alpha value is -1.12. The van der Waals surface area contributed by atoms with E-state index in [1.165, 1.54) is 31.2 Å². The Bertz CT molecular complexity index is 605. The van der Waals surface area contributed by atoms with Crippen LogP contribution < -0.4 is 5.32 Å². The summed E-state index contributed by atoms with van der Waals surface area (Å²) in [6, 6.07) is 8.03. The van der Waals surface area contributed by atoms with E-state index in [0.29, 0.717) is 5.41 Å². The van der Waals surface area contributed by atoms with Crippen molar-refractivity contribution in [2.45, 2.75) is 39.2 Å². The Morgan fingerprint density at radius 2 is 2.15 bits per heavy atom. The summed E-state index contributed by atoms with van der Waals surface area (Å²) in [5.74, 6) is 0. The first-order chi connectivity index (χ1) is 9.74. The van der Waals surface area contributed by atoms with Gasteiger partial charge in [-0.15, -0.1) is 0 Å². The number of aromatic nitrogens is 1. The highest BCUT2D eigenvalue weighted by molar-refractivity contribution is 6.35. The number of halogens is 1. The highest BCUT2D eigenvalue weighted by Gasteiger charge is 2.40. The van der Waals surface area contributed by atoms with Crippen molar-refractivity contribution in [2.75, 3.05) is 6.54 Å². The number of benzene rings is 1. The molecule has 0 atom stereocenters. The molecule has 2 nitrogen and oxygen atoms in total. The summed E-state index contributed by atoms with van der Waals surface area (Å²) in [6.45, 7) is 4.27. The molecule has 0 unspecified atom stereocenters. The Morgan fingerprint density at radius 1 is 1.30 bits per heavy atom. The number of nitrogens with one attached hydrogen (secondary N) is 1. The van der Waals surface area contributed by atoms with E-state index in [-0.39, 0.29) is 0 Å². The van der Waals surface area contributed by atoms with Crippen LogP contribution in [0.2, 0.25) is 5.02 Å². The fourth-order valence-electron chi connectivity index (χ4n) is 3.02. The summed E-state index contributed by atoms with van der Waals surface area (Å²) < 4.78 is 0. The topological polar surface area (TPSA) is 24.9 Å². The van der Waals surface area contributed by atoms with Gasteiger partial charge in [0.1, 0.15) is 0 Å². The lowest BCUT2D eigenvalue weighted by Crippen LogP contribution is -2.23. The van der Waals surface area contributed by atoms with E-state index in [9.17, 15) is 0 Å². The van der Waals surface area contributed by atoms with Gasteiger partial charge in [0.2, 0.25) is 0 Å². The molecule has 3 heteroatoms. The number of rotatable bonds is 6. The van der Waals surface area contributed by atoms with Crippen LogP contribution in [0, 0.1) is 5.41 Å². The summed E-state index contributed by atoms with van der Waals surface area (Å²) in [5, 5.41) is 5.44. The van der Waals surface area contributed by atoms with E-state index in [4.69, 9.17) is 11.6 Å². The molecule has 1 aliphatic rings. The van der Waals surface area contributed by atoms with Crippen LogP contribution in [0.5, 0.6) is 0 Å². The lowest BCUT2D eigenvalue weighted by molar-refractivity contribution is 0.421. The third-order valence-electron chi connectivity index (χ3n) is 4.35. The average Bonchev–Trinajstić information content (AvgIpc) is 3.22. The van der Waals surface area contributed by atoms with Crippen molar-refractivity contribution in [2.24, 2.45) is 5.41 Å². The van der Waals surface area contributed by atoms with Crippen LogP contribution in [0.4, 0.5) is 0 Å². The summed E-state index contributed by atoms with van der Waals surface area (Å²) in [5.41, 5.74) is 2.84. The summed E-state index contributed by atoms with van der Waals surface area (Å²) in [4.78, 5) is 4.48. The molecule has 0 spiro atoms. The number of nitrogens with zero attached hydrogens (tertiary/aromatic N) is 1. The van der Waals surface area contributed by atoms with Crippen LogP contribution in [-0.4, -0.2) is 11.5 Å². The number of pyridine rings is 1. The lowest BCUT2D eigenvalue weighted by atomic mass is 10.0. The highest BCUT2D eigenvalue weighted by atomic mass is 35.5. The van der Waals surface area contributed by atoms with Crippen LogP contribution in [0.15, 0.2) is 30.5 Å². The molecule has 0 aliphatic heterocycles. The van der Waals surface area contributed by atoms with Crippen molar-refractivity contribution in [3.63, 3.8) is 0 Å². The zero-order valence-electron chi connectivity index (χ0n) is 12.0. The molecule has 1 aromatic carbocycles. The standard InChI is InChI=1S/C17H21ClN2/c1-2-7-17(8-9-17)12-19-11-13-5-6-15(18)14-4-3-10-20-16(13)14/h3-6,10,19H,2,7-9,11-12H2,1H3. The van der Waals surface area contributed by atoms with Gasteiger partial charge in [0.25, 0.3) is 0 Å². The van der Waals surface area contributed by atoms with Gasteiger partial charge in [-0.3, -0.25) is 4.98 Å². The fourth-order valence-corrected chi connectivity index (χ4v) is 3.24. The molecule has 1 heterocycles. The van der Waals surface area contributed by atoms with Gasteiger partial charge >= 0.3 is 0 Å². The van der Waals surface area contributed by atoms with Gasteiger partial charge in [-0.05, 0) is 48.4 Å². The first-order valence-electron chi connectivity index (χ1n) is 7.47. The minimum Gasteiger partial charge on any atom is -0.312 e. The molecule has 1 saturated carbocycles. The summed E-state index contributed by atoms with van der Waals surface area (Å²) >= 11 is 6.23. The Balaban J connectivity index is 1.70. The SMILES string of the molecule is CCCC1(CNCc2ccc(Cl)c3cccnc23)CC1.